The van der Waals surface area contributed by atoms with Crippen molar-refractivity contribution in [2.75, 3.05) is 24.2 Å². The molecule has 1 atom stereocenters. The molecule has 0 aliphatic carbocycles. The molecule has 9 heteroatoms. The van der Waals surface area contributed by atoms with Crippen molar-refractivity contribution in [2.45, 2.75) is 18.9 Å². The molecule has 2 aromatic rings. The van der Waals surface area contributed by atoms with Crippen LogP contribution in [0.2, 0.25) is 0 Å². The maximum Gasteiger partial charge on any atom is 0.242 e. The van der Waals surface area contributed by atoms with Crippen LogP contribution >= 0.6 is 0 Å². The van der Waals surface area contributed by atoms with Crippen LogP contribution in [0.5, 0.6) is 0 Å². The predicted molar refractivity (Wildman–Crippen MR) is 76.2 cm³/mol. The molecule has 21 heavy (non-hydrogen) atoms. The minimum atomic E-state index is -0.318. The highest BCUT2D eigenvalue weighted by atomic mass is 16.2. The van der Waals surface area contributed by atoms with Gasteiger partial charge in [-0.2, -0.15) is 15.0 Å². The Morgan fingerprint density at radius 1 is 1.33 bits per heavy atom. The number of nitrogens with zero attached hydrogens (tertiary/aromatic N) is 5. The highest BCUT2D eigenvalue weighted by molar-refractivity contribution is 5.84. The van der Waals surface area contributed by atoms with Crippen molar-refractivity contribution in [2.24, 2.45) is 0 Å². The fraction of sp³-hybridized carbons (Fsp3) is 0.417. The summed E-state index contributed by atoms with van der Waals surface area (Å²) < 4.78 is 1.68. The zero-order valence-corrected chi connectivity index (χ0v) is 11.6. The molecular weight excluding hydrogens is 272 g/mol. The van der Waals surface area contributed by atoms with Crippen molar-refractivity contribution in [3.63, 3.8) is 0 Å². The number of anilines is 2. The lowest BCUT2D eigenvalue weighted by atomic mass is 10.1. The summed E-state index contributed by atoms with van der Waals surface area (Å²) in [6.45, 7) is 0.719. The third-order valence-electron chi connectivity index (χ3n) is 3.17. The summed E-state index contributed by atoms with van der Waals surface area (Å²) in [7, 11) is 1.73. The predicted octanol–water partition coefficient (Wildman–Crippen LogP) is -0.210. The number of nitrogens with one attached hydrogen (secondary N) is 3. The molecule has 1 unspecified atom stereocenters. The van der Waals surface area contributed by atoms with Crippen LogP contribution in [-0.4, -0.2) is 50.0 Å². The Morgan fingerprint density at radius 2 is 2.19 bits per heavy atom. The third kappa shape index (κ3) is 2.91. The van der Waals surface area contributed by atoms with E-state index in [-0.39, 0.29) is 11.9 Å². The second kappa shape index (κ2) is 5.73. The van der Waals surface area contributed by atoms with Crippen molar-refractivity contribution in [3.05, 3.63) is 18.7 Å². The first-order valence-corrected chi connectivity index (χ1v) is 6.72. The molecule has 2 aromatic heterocycles. The first-order valence-electron chi connectivity index (χ1n) is 6.72. The Morgan fingerprint density at radius 3 is 2.90 bits per heavy atom. The normalized spacial score (nSPS) is 18.1. The van der Waals surface area contributed by atoms with Gasteiger partial charge in [0.25, 0.3) is 0 Å². The average molecular weight is 288 g/mol. The number of piperidine rings is 1. The van der Waals surface area contributed by atoms with E-state index in [2.05, 4.69) is 35.9 Å². The van der Waals surface area contributed by atoms with Gasteiger partial charge < -0.3 is 16.0 Å². The van der Waals surface area contributed by atoms with Crippen LogP contribution in [0.4, 0.5) is 11.9 Å². The van der Waals surface area contributed by atoms with E-state index < -0.39 is 0 Å². The first kappa shape index (κ1) is 13.3. The molecule has 0 bridgehead atoms. The van der Waals surface area contributed by atoms with Crippen LogP contribution in [0, 0.1) is 0 Å². The lowest BCUT2D eigenvalue weighted by Crippen LogP contribution is -2.44. The van der Waals surface area contributed by atoms with Crippen LogP contribution < -0.4 is 16.0 Å². The van der Waals surface area contributed by atoms with Gasteiger partial charge in [-0.15, -0.1) is 0 Å². The minimum Gasteiger partial charge on any atom is -0.357 e. The smallest absolute Gasteiger partial charge is 0.242 e. The molecule has 3 rings (SSSR count). The molecule has 0 saturated carbocycles. The molecule has 9 nitrogen and oxygen atoms in total. The van der Waals surface area contributed by atoms with Crippen molar-refractivity contribution >= 4 is 17.8 Å². The fourth-order valence-corrected chi connectivity index (χ4v) is 2.10. The van der Waals surface area contributed by atoms with E-state index in [0.29, 0.717) is 17.8 Å². The lowest BCUT2D eigenvalue weighted by Gasteiger charge is -2.22. The summed E-state index contributed by atoms with van der Waals surface area (Å²) in [5.74, 6) is 1.19. The largest absolute Gasteiger partial charge is 0.357 e. The Kier molecular flexibility index (Phi) is 3.63. The molecule has 3 heterocycles. The Balaban J connectivity index is 1.87. The summed E-state index contributed by atoms with van der Waals surface area (Å²) in [6.07, 6.45) is 6.68. The number of imidazole rings is 1. The Labute approximate surface area is 121 Å². The van der Waals surface area contributed by atoms with Gasteiger partial charge in [-0.1, -0.05) is 0 Å². The Bertz CT molecular complexity index is 626. The van der Waals surface area contributed by atoms with Crippen molar-refractivity contribution < 1.29 is 4.79 Å². The molecule has 1 aliphatic rings. The first-order chi connectivity index (χ1) is 10.3. The number of hydrogen-bond donors (Lipinski definition) is 3. The standard InChI is InChI=1S/C12H16N8O/c1-13-10-17-11(16-8-3-2-4-15-9(8)21)19-12(18-10)20-6-5-14-7-20/h5-8H,2-4H2,1H3,(H,15,21)(H2,13,16,17,18,19). The molecule has 110 valence electrons. The molecule has 0 aromatic carbocycles. The van der Waals surface area contributed by atoms with E-state index in [1.165, 1.54) is 0 Å². The summed E-state index contributed by atoms with van der Waals surface area (Å²) in [5.41, 5.74) is 0. The number of rotatable bonds is 4. The number of aromatic nitrogens is 5. The molecule has 1 saturated heterocycles. The van der Waals surface area contributed by atoms with Gasteiger partial charge in [0.05, 0.1) is 0 Å². The molecule has 3 N–H and O–H groups in total. The van der Waals surface area contributed by atoms with Gasteiger partial charge >= 0.3 is 0 Å². The lowest BCUT2D eigenvalue weighted by molar-refractivity contribution is -0.123. The summed E-state index contributed by atoms with van der Waals surface area (Å²) in [6, 6.07) is -0.318. The maximum atomic E-state index is 11.8. The number of carbonyl (C=O) groups excluding carboxylic acids is 1. The average Bonchev–Trinajstić information content (AvgIpc) is 3.04. The molecule has 0 spiro atoms. The van der Waals surface area contributed by atoms with Gasteiger partial charge in [0.15, 0.2) is 0 Å². The highest BCUT2D eigenvalue weighted by Gasteiger charge is 2.23. The van der Waals surface area contributed by atoms with Crippen LogP contribution in [0.25, 0.3) is 5.95 Å². The van der Waals surface area contributed by atoms with Gasteiger partial charge in [0.2, 0.25) is 23.8 Å². The molecule has 1 aliphatic heterocycles. The van der Waals surface area contributed by atoms with Gasteiger partial charge in [0.1, 0.15) is 12.4 Å². The number of carbonyl (C=O) groups is 1. The van der Waals surface area contributed by atoms with E-state index in [1.54, 1.807) is 30.3 Å². The zero-order valence-electron chi connectivity index (χ0n) is 11.6. The fourth-order valence-electron chi connectivity index (χ4n) is 2.10. The van der Waals surface area contributed by atoms with Crippen LogP contribution in [0.3, 0.4) is 0 Å². The van der Waals surface area contributed by atoms with E-state index in [9.17, 15) is 4.79 Å². The molecule has 1 fully saturated rings. The molecule has 0 radical (unpaired) electrons. The summed E-state index contributed by atoms with van der Waals surface area (Å²) in [4.78, 5) is 28.6. The SMILES string of the molecule is CNc1nc(NC2CCCNC2=O)nc(-n2ccnc2)n1. The summed E-state index contributed by atoms with van der Waals surface area (Å²) in [5, 5.41) is 8.76. The van der Waals surface area contributed by atoms with E-state index in [1.807, 2.05) is 0 Å². The van der Waals surface area contributed by atoms with Gasteiger partial charge in [0, 0.05) is 26.0 Å². The maximum absolute atomic E-state index is 11.8. The van der Waals surface area contributed by atoms with Crippen molar-refractivity contribution in [3.8, 4) is 5.95 Å². The number of amides is 1. The van der Waals surface area contributed by atoms with E-state index in [0.717, 1.165) is 19.4 Å². The van der Waals surface area contributed by atoms with Crippen LogP contribution in [-0.2, 0) is 4.79 Å². The van der Waals surface area contributed by atoms with Crippen molar-refractivity contribution in [1.29, 1.82) is 0 Å². The van der Waals surface area contributed by atoms with Crippen LogP contribution in [0.15, 0.2) is 18.7 Å². The van der Waals surface area contributed by atoms with Gasteiger partial charge in [-0.05, 0) is 12.8 Å². The minimum absolute atomic E-state index is 0.0307. The monoisotopic (exact) mass is 288 g/mol. The van der Waals surface area contributed by atoms with Crippen LogP contribution in [0.1, 0.15) is 12.8 Å². The quantitative estimate of drug-likeness (QED) is 0.714. The zero-order chi connectivity index (χ0) is 14.7. The summed E-state index contributed by atoms with van der Waals surface area (Å²) >= 11 is 0. The van der Waals surface area contributed by atoms with Crippen molar-refractivity contribution in [1.82, 2.24) is 29.8 Å². The third-order valence-corrected chi connectivity index (χ3v) is 3.17. The molecule has 1 amide bonds. The highest BCUT2D eigenvalue weighted by Crippen LogP contribution is 2.13. The second-order valence-electron chi connectivity index (χ2n) is 4.63. The number of hydrogen-bond acceptors (Lipinski definition) is 7. The van der Waals surface area contributed by atoms with E-state index in [4.69, 9.17) is 0 Å². The molecular formula is C12H16N8O. The Hall–Kier alpha value is -2.71. The topological polar surface area (TPSA) is 110 Å². The second-order valence-corrected chi connectivity index (χ2v) is 4.63. The van der Waals surface area contributed by atoms with E-state index >= 15 is 0 Å². The van der Waals surface area contributed by atoms with Gasteiger partial charge in [-0.25, -0.2) is 4.98 Å². The van der Waals surface area contributed by atoms with Gasteiger partial charge in [-0.3, -0.25) is 9.36 Å².